The average Bonchev–Trinajstić information content (AvgIpc) is 3.67. The number of rotatable bonds is 9. The van der Waals surface area contributed by atoms with E-state index in [1.165, 1.54) is 7.11 Å². The topological polar surface area (TPSA) is 101 Å². The molecule has 0 aliphatic carbocycles. The van der Waals surface area contributed by atoms with Gasteiger partial charge in [-0.15, -0.1) is 0 Å². The van der Waals surface area contributed by atoms with Gasteiger partial charge in [0, 0.05) is 71.6 Å². The molecule has 1 aliphatic heterocycles. The molecule has 0 saturated heterocycles. The SMILES string of the molecule is COC(=O)c1cc(N2CCCn3c(c(CCCOc4cc(C)c(Cl)c(C)c4)c4ccc(Cl)c(-c5c(C)nn(C)c5C)c43)C2=O)c2c(C=O)cn(C)c2c1. The first-order valence-electron chi connectivity index (χ1n) is 17.6. The molecular formula is C41H41Cl2N5O5. The number of hydrogen-bond donors (Lipinski definition) is 0. The molecule has 1 amide bonds. The number of carbonyl (C=O) groups is 3. The summed E-state index contributed by atoms with van der Waals surface area (Å²) in [6.45, 7) is 9.21. The van der Waals surface area contributed by atoms with E-state index in [4.69, 9.17) is 37.8 Å². The average molecular weight is 755 g/mol. The van der Waals surface area contributed by atoms with Crippen molar-refractivity contribution in [2.75, 3.05) is 25.2 Å². The second-order valence-electron chi connectivity index (χ2n) is 13.8. The van der Waals surface area contributed by atoms with E-state index in [1.54, 1.807) is 27.8 Å². The van der Waals surface area contributed by atoms with E-state index in [0.717, 1.165) is 67.2 Å². The number of aldehydes is 1. The Balaban J connectivity index is 1.41. The van der Waals surface area contributed by atoms with Crippen molar-refractivity contribution in [3.05, 3.63) is 97.5 Å². The highest BCUT2D eigenvalue weighted by Gasteiger charge is 2.34. The molecule has 10 nitrogen and oxygen atoms in total. The smallest absolute Gasteiger partial charge is 0.337 e. The fraction of sp³-hybridized carbons (Fsp3) is 0.317. The van der Waals surface area contributed by atoms with Crippen molar-refractivity contribution in [2.24, 2.45) is 14.1 Å². The summed E-state index contributed by atoms with van der Waals surface area (Å²) in [6, 6.07) is 11.1. The number of benzene rings is 3. The van der Waals surface area contributed by atoms with Gasteiger partial charge in [-0.05, 0) is 94.0 Å². The summed E-state index contributed by atoms with van der Waals surface area (Å²) >= 11 is 13.5. The summed E-state index contributed by atoms with van der Waals surface area (Å²) in [5.41, 5.74) is 9.61. The second kappa shape index (κ2) is 14.1. The molecule has 53 heavy (non-hydrogen) atoms. The van der Waals surface area contributed by atoms with E-state index in [1.807, 2.05) is 70.7 Å². The minimum absolute atomic E-state index is 0.232. The van der Waals surface area contributed by atoms with Gasteiger partial charge in [-0.3, -0.25) is 14.3 Å². The molecule has 0 unspecified atom stereocenters. The summed E-state index contributed by atoms with van der Waals surface area (Å²) in [7, 11) is 5.04. The monoisotopic (exact) mass is 753 g/mol. The van der Waals surface area contributed by atoms with Gasteiger partial charge in [-0.2, -0.15) is 5.10 Å². The Bertz CT molecular complexity index is 2470. The van der Waals surface area contributed by atoms with Crippen molar-refractivity contribution >= 4 is 68.9 Å². The van der Waals surface area contributed by atoms with Crippen molar-refractivity contribution < 1.29 is 23.9 Å². The van der Waals surface area contributed by atoms with Crippen LogP contribution < -0.4 is 9.64 Å². The van der Waals surface area contributed by atoms with Gasteiger partial charge in [0.15, 0.2) is 6.29 Å². The molecule has 3 aromatic heterocycles. The van der Waals surface area contributed by atoms with Gasteiger partial charge in [-0.1, -0.05) is 29.3 Å². The number of fused-ring (bicyclic) bond motifs is 4. The number of nitrogens with zero attached hydrogens (tertiary/aromatic N) is 5. The number of carbonyl (C=O) groups excluding carboxylic acids is 3. The number of amides is 1. The number of halogens is 2. The molecule has 6 aromatic rings. The quantitative estimate of drug-likeness (QED) is 0.0832. The molecule has 3 aromatic carbocycles. The lowest BCUT2D eigenvalue weighted by atomic mass is 9.98. The summed E-state index contributed by atoms with van der Waals surface area (Å²) in [5, 5.41) is 7.53. The number of aryl methyl sites for hydroxylation is 7. The lowest BCUT2D eigenvalue weighted by Crippen LogP contribution is -2.32. The number of esters is 1. The molecule has 12 heteroatoms. The number of ether oxygens (including phenoxy) is 2. The molecule has 274 valence electrons. The highest BCUT2D eigenvalue weighted by molar-refractivity contribution is 6.35. The highest BCUT2D eigenvalue weighted by atomic mass is 35.5. The van der Waals surface area contributed by atoms with Crippen LogP contribution in [0.2, 0.25) is 10.0 Å². The van der Waals surface area contributed by atoms with Crippen LogP contribution in [0.3, 0.4) is 0 Å². The number of hydrogen-bond acceptors (Lipinski definition) is 6. The molecule has 0 fully saturated rings. The molecule has 4 heterocycles. The Morgan fingerprint density at radius 2 is 1.74 bits per heavy atom. The minimum Gasteiger partial charge on any atom is -0.494 e. The van der Waals surface area contributed by atoms with Crippen LogP contribution in [0.1, 0.15) is 72.1 Å². The first-order chi connectivity index (χ1) is 25.4. The van der Waals surface area contributed by atoms with E-state index in [0.29, 0.717) is 71.8 Å². The van der Waals surface area contributed by atoms with E-state index >= 15 is 4.79 Å². The van der Waals surface area contributed by atoms with Crippen molar-refractivity contribution in [2.45, 2.75) is 53.5 Å². The summed E-state index contributed by atoms with van der Waals surface area (Å²) in [5.74, 6) is -0.0249. The Morgan fingerprint density at radius 1 is 1.00 bits per heavy atom. The number of aromatic nitrogens is 4. The highest BCUT2D eigenvalue weighted by Crippen LogP contribution is 2.44. The van der Waals surface area contributed by atoms with Crippen LogP contribution in [-0.2, 0) is 31.8 Å². The van der Waals surface area contributed by atoms with Gasteiger partial charge >= 0.3 is 5.97 Å². The van der Waals surface area contributed by atoms with Crippen molar-refractivity contribution in [3.63, 3.8) is 0 Å². The van der Waals surface area contributed by atoms with Gasteiger partial charge in [0.05, 0.1) is 46.7 Å². The predicted octanol–water partition coefficient (Wildman–Crippen LogP) is 8.74. The van der Waals surface area contributed by atoms with Crippen molar-refractivity contribution in [1.29, 1.82) is 0 Å². The Hall–Kier alpha value is -5.06. The zero-order valence-corrected chi connectivity index (χ0v) is 32.4. The first kappa shape index (κ1) is 36.3. The van der Waals surface area contributed by atoms with Gasteiger partial charge in [-0.25, -0.2) is 4.79 Å². The van der Waals surface area contributed by atoms with Gasteiger partial charge < -0.3 is 23.5 Å². The second-order valence-corrected chi connectivity index (χ2v) is 14.6. The van der Waals surface area contributed by atoms with Crippen molar-refractivity contribution in [1.82, 2.24) is 18.9 Å². The Morgan fingerprint density at radius 3 is 2.40 bits per heavy atom. The summed E-state index contributed by atoms with van der Waals surface area (Å²) in [4.78, 5) is 42.3. The predicted molar refractivity (Wildman–Crippen MR) is 209 cm³/mol. The van der Waals surface area contributed by atoms with Crippen LogP contribution in [0.25, 0.3) is 32.9 Å². The van der Waals surface area contributed by atoms with E-state index < -0.39 is 5.97 Å². The van der Waals surface area contributed by atoms with Crippen LogP contribution in [0.15, 0.2) is 42.6 Å². The van der Waals surface area contributed by atoms with Crippen LogP contribution in [0.4, 0.5) is 5.69 Å². The maximum atomic E-state index is 15.3. The van der Waals surface area contributed by atoms with E-state index in [2.05, 4.69) is 4.57 Å². The minimum atomic E-state index is -0.536. The maximum Gasteiger partial charge on any atom is 0.337 e. The summed E-state index contributed by atoms with van der Waals surface area (Å²) < 4.78 is 17.1. The molecule has 7 rings (SSSR count). The molecule has 0 spiro atoms. The van der Waals surface area contributed by atoms with Gasteiger partial charge in [0.25, 0.3) is 5.91 Å². The van der Waals surface area contributed by atoms with E-state index in [9.17, 15) is 9.59 Å². The van der Waals surface area contributed by atoms with Crippen LogP contribution in [-0.4, -0.2) is 57.3 Å². The van der Waals surface area contributed by atoms with Crippen LogP contribution in [0.5, 0.6) is 5.75 Å². The third-order valence-corrected chi connectivity index (χ3v) is 11.3. The zero-order chi connectivity index (χ0) is 37.9. The molecule has 0 atom stereocenters. The molecule has 0 saturated carbocycles. The molecule has 0 bridgehead atoms. The van der Waals surface area contributed by atoms with E-state index in [-0.39, 0.29) is 11.5 Å². The first-order valence-corrected chi connectivity index (χ1v) is 18.3. The fourth-order valence-corrected chi connectivity index (χ4v) is 8.28. The molecule has 0 N–H and O–H groups in total. The molecule has 1 aliphatic rings. The van der Waals surface area contributed by atoms with Crippen molar-refractivity contribution in [3.8, 4) is 16.9 Å². The third-order valence-electron chi connectivity index (χ3n) is 10.4. The Labute approximate surface area is 317 Å². The molecular weight excluding hydrogens is 713 g/mol. The van der Waals surface area contributed by atoms with Crippen LogP contribution >= 0.6 is 23.2 Å². The lowest BCUT2D eigenvalue weighted by molar-refractivity contribution is 0.0600. The largest absolute Gasteiger partial charge is 0.494 e. The molecule has 0 radical (unpaired) electrons. The Kier molecular flexibility index (Phi) is 9.63. The summed E-state index contributed by atoms with van der Waals surface area (Å²) in [6.07, 6.45) is 4.26. The zero-order valence-electron chi connectivity index (χ0n) is 30.9. The van der Waals surface area contributed by atoms with Gasteiger partial charge in [0.1, 0.15) is 11.4 Å². The fourth-order valence-electron chi connectivity index (χ4n) is 7.93. The number of methoxy groups -OCH3 is 1. The lowest BCUT2D eigenvalue weighted by Gasteiger charge is -2.23. The van der Waals surface area contributed by atoms with Crippen LogP contribution in [0, 0.1) is 27.7 Å². The number of anilines is 1. The third kappa shape index (κ3) is 6.07. The maximum absolute atomic E-state index is 15.3. The normalized spacial score (nSPS) is 13.2. The van der Waals surface area contributed by atoms with Gasteiger partial charge in [0.2, 0.25) is 0 Å². The standard InChI is InChI=1S/C41H41Cl2N5O5/c1-22-16-28(17-23(2)37(22)43)53-15-8-10-29-30-11-12-31(42)36(34-24(3)44-46(6)25(34)4)38(30)48-14-9-13-47(40(50)39(29)48)33-19-26(41(51)52-7)18-32-35(33)27(21-49)20-45(32)5/h11-12,16-21H,8-10,13-15H2,1-7H3.